The molecule has 2 heterocycles. The zero-order valence-corrected chi connectivity index (χ0v) is 13.0. The summed E-state index contributed by atoms with van der Waals surface area (Å²) < 4.78 is 5.11. The standard InChI is InChI=1S/C15H24N4O2/c1-12-10-18(15(20)14-9-16-5-6-17-14)11-13(2)19(12)7-4-8-21-3/h5-6,9,12-13H,4,7-8,10-11H2,1-3H3. The second-order valence-electron chi connectivity index (χ2n) is 5.58. The molecule has 2 unspecified atom stereocenters. The van der Waals surface area contributed by atoms with Crippen molar-refractivity contribution in [1.82, 2.24) is 19.8 Å². The van der Waals surface area contributed by atoms with Crippen LogP contribution in [0.1, 0.15) is 30.8 Å². The number of hydrogen-bond acceptors (Lipinski definition) is 5. The quantitative estimate of drug-likeness (QED) is 0.759. The van der Waals surface area contributed by atoms with Gasteiger partial charge in [0.15, 0.2) is 0 Å². The monoisotopic (exact) mass is 292 g/mol. The molecule has 0 N–H and O–H groups in total. The lowest BCUT2D eigenvalue weighted by molar-refractivity contribution is 0.0266. The zero-order chi connectivity index (χ0) is 15.2. The number of nitrogens with zero attached hydrogens (tertiary/aromatic N) is 4. The van der Waals surface area contributed by atoms with Crippen LogP contribution >= 0.6 is 0 Å². The number of ether oxygens (including phenoxy) is 1. The molecule has 1 amide bonds. The minimum absolute atomic E-state index is 0.0293. The van der Waals surface area contributed by atoms with E-state index in [0.717, 1.165) is 32.7 Å². The van der Waals surface area contributed by atoms with Crippen molar-refractivity contribution in [2.75, 3.05) is 33.4 Å². The Bertz CT molecular complexity index is 442. The lowest BCUT2D eigenvalue weighted by Crippen LogP contribution is -2.58. The van der Waals surface area contributed by atoms with E-state index in [4.69, 9.17) is 4.74 Å². The van der Waals surface area contributed by atoms with Gasteiger partial charge in [-0.3, -0.25) is 14.7 Å². The lowest BCUT2D eigenvalue weighted by atomic mass is 10.1. The predicted molar refractivity (Wildman–Crippen MR) is 80.1 cm³/mol. The molecule has 0 bridgehead atoms. The van der Waals surface area contributed by atoms with E-state index in [2.05, 4.69) is 28.7 Å². The van der Waals surface area contributed by atoms with Gasteiger partial charge in [0, 0.05) is 57.8 Å². The van der Waals surface area contributed by atoms with Gasteiger partial charge in [0.1, 0.15) is 5.69 Å². The van der Waals surface area contributed by atoms with Crippen LogP contribution in [0.2, 0.25) is 0 Å². The van der Waals surface area contributed by atoms with Crippen LogP contribution in [0.15, 0.2) is 18.6 Å². The molecular formula is C15H24N4O2. The van der Waals surface area contributed by atoms with Crippen LogP contribution in [-0.4, -0.2) is 71.1 Å². The third kappa shape index (κ3) is 3.98. The molecule has 2 rings (SSSR count). The molecule has 1 aromatic heterocycles. The van der Waals surface area contributed by atoms with Crippen molar-refractivity contribution in [3.63, 3.8) is 0 Å². The van der Waals surface area contributed by atoms with E-state index >= 15 is 0 Å². The molecule has 1 aliphatic rings. The Morgan fingerprint density at radius 1 is 1.33 bits per heavy atom. The van der Waals surface area contributed by atoms with Gasteiger partial charge >= 0.3 is 0 Å². The van der Waals surface area contributed by atoms with Crippen molar-refractivity contribution in [3.8, 4) is 0 Å². The summed E-state index contributed by atoms with van der Waals surface area (Å²) in [6, 6.07) is 0.678. The van der Waals surface area contributed by atoms with Crippen molar-refractivity contribution in [3.05, 3.63) is 24.3 Å². The molecule has 21 heavy (non-hydrogen) atoms. The number of methoxy groups -OCH3 is 1. The van der Waals surface area contributed by atoms with E-state index in [1.807, 2.05) is 4.90 Å². The van der Waals surface area contributed by atoms with Crippen molar-refractivity contribution in [2.24, 2.45) is 0 Å². The first-order valence-corrected chi connectivity index (χ1v) is 7.43. The van der Waals surface area contributed by atoms with Crippen molar-refractivity contribution in [2.45, 2.75) is 32.4 Å². The molecule has 1 aliphatic heterocycles. The summed E-state index contributed by atoms with van der Waals surface area (Å²) in [6.45, 7) is 7.57. The number of carbonyl (C=O) groups excluding carboxylic acids is 1. The van der Waals surface area contributed by atoms with Gasteiger partial charge in [-0.05, 0) is 20.3 Å². The molecule has 0 saturated carbocycles. The van der Waals surface area contributed by atoms with E-state index in [1.165, 1.54) is 6.20 Å². The van der Waals surface area contributed by atoms with Gasteiger partial charge in [0.2, 0.25) is 0 Å². The number of carbonyl (C=O) groups is 1. The Balaban J connectivity index is 1.96. The van der Waals surface area contributed by atoms with E-state index in [9.17, 15) is 4.79 Å². The molecule has 1 fully saturated rings. The first-order valence-electron chi connectivity index (χ1n) is 7.43. The molecule has 1 aromatic rings. The van der Waals surface area contributed by atoms with Crippen LogP contribution in [0.3, 0.4) is 0 Å². The minimum atomic E-state index is -0.0293. The van der Waals surface area contributed by atoms with Gasteiger partial charge in [0.25, 0.3) is 5.91 Å². The van der Waals surface area contributed by atoms with E-state index in [1.54, 1.807) is 19.5 Å². The molecular weight excluding hydrogens is 268 g/mol. The van der Waals surface area contributed by atoms with E-state index < -0.39 is 0 Å². The van der Waals surface area contributed by atoms with Crippen LogP contribution < -0.4 is 0 Å². The molecule has 0 radical (unpaired) electrons. The minimum Gasteiger partial charge on any atom is -0.385 e. The molecule has 6 heteroatoms. The van der Waals surface area contributed by atoms with E-state index in [-0.39, 0.29) is 5.91 Å². The smallest absolute Gasteiger partial charge is 0.274 e. The maximum absolute atomic E-state index is 12.4. The molecule has 6 nitrogen and oxygen atoms in total. The Hall–Kier alpha value is -1.53. The second kappa shape index (κ2) is 7.47. The Morgan fingerprint density at radius 2 is 2.05 bits per heavy atom. The topological polar surface area (TPSA) is 58.6 Å². The van der Waals surface area contributed by atoms with Crippen molar-refractivity contribution >= 4 is 5.91 Å². The third-order valence-corrected chi connectivity index (χ3v) is 3.94. The fourth-order valence-corrected chi connectivity index (χ4v) is 2.93. The van der Waals surface area contributed by atoms with Gasteiger partial charge in [-0.15, -0.1) is 0 Å². The number of piperazine rings is 1. The molecule has 0 aromatic carbocycles. The highest BCUT2D eigenvalue weighted by molar-refractivity contribution is 5.92. The average molecular weight is 292 g/mol. The Kier molecular flexibility index (Phi) is 5.64. The van der Waals surface area contributed by atoms with E-state index in [0.29, 0.717) is 17.8 Å². The lowest BCUT2D eigenvalue weighted by Gasteiger charge is -2.44. The highest BCUT2D eigenvalue weighted by Gasteiger charge is 2.32. The molecule has 0 spiro atoms. The SMILES string of the molecule is COCCCN1C(C)CN(C(=O)c2cnccn2)CC1C. The fourth-order valence-electron chi connectivity index (χ4n) is 2.93. The largest absolute Gasteiger partial charge is 0.385 e. The molecule has 2 atom stereocenters. The van der Waals surface area contributed by atoms with Gasteiger partial charge in [-0.1, -0.05) is 0 Å². The molecule has 0 aliphatic carbocycles. The number of aromatic nitrogens is 2. The fraction of sp³-hybridized carbons (Fsp3) is 0.667. The average Bonchev–Trinajstić information content (AvgIpc) is 2.50. The normalized spacial score (nSPS) is 23.3. The summed E-state index contributed by atoms with van der Waals surface area (Å²) in [7, 11) is 1.73. The first kappa shape index (κ1) is 15.9. The summed E-state index contributed by atoms with van der Waals surface area (Å²) in [5.41, 5.74) is 0.421. The van der Waals surface area contributed by atoms with Gasteiger partial charge in [-0.25, -0.2) is 4.98 Å². The first-order chi connectivity index (χ1) is 10.1. The zero-order valence-electron chi connectivity index (χ0n) is 13.0. The Labute approximate surface area is 126 Å². The number of rotatable bonds is 5. The summed E-state index contributed by atoms with van der Waals surface area (Å²) in [6.07, 6.45) is 5.68. The van der Waals surface area contributed by atoms with Gasteiger partial charge < -0.3 is 9.64 Å². The van der Waals surface area contributed by atoms with Crippen LogP contribution in [0.5, 0.6) is 0 Å². The van der Waals surface area contributed by atoms with Gasteiger partial charge in [-0.2, -0.15) is 0 Å². The van der Waals surface area contributed by atoms with Crippen LogP contribution in [0.25, 0.3) is 0 Å². The summed E-state index contributed by atoms with van der Waals surface area (Å²) >= 11 is 0. The molecule has 116 valence electrons. The van der Waals surface area contributed by atoms with Crippen LogP contribution in [0.4, 0.5) is 0 Å². The summed E-state index contributed by atoms with van der Waals surface area (Å²) in [4.78, 5) is 24.8. The highest BCUT2D eigenvalue weighted by atomic mass is 16.5. The van der Waals surface area contributed by atoms with Crippen molar-refractivity contribution < 1.29 is 9.53 Å². The summed E-state index contributed by atoms with van der Waals surface area (Å²) in [5, 5.41) is 0. The highest BCUT2D eigenvalue weighted by Crippen LogP contribution is 2.17. The number of hydrogen-bond donors (Lipinski definition) is 0. The second-order valence-corrected chi connectivity index (χ2v) is 5.58. The predicted octanol–water partition coefficient (Wildman–Crippen LogP) is 1.05. The third-order valence-electron chi connectivity index (χ3n) is 3.94. The maximum Gasteiger partial charge on any atom is 0.274 e. The summed E-state index contributed by atoms with van der Waals surface area (Å²) in [5.74, 6) is -0.0293. The van der Waals surface area contributed by atoms with Crippen molar-refractivity contribution in [1.29, 1.82) is 0 Å². The van der Waals surface area contributed by atoms with Gasteiger partial charge in [0.05, 0.1) is 6.20 Å². The Morgan fingerprint density at radius 3 is 2.62 bits per heavy atom. The molecule has 1 saturated heterocycles. The number of amides is 1. The van der Waals surface area contributed by atoms with Crippen LogP contribution in [-0.2, 0) is 4.74 Å². The maximum atomic E-state index is 12.4. The van der Waals surface area contributed by atoms with Crippen LogP contribution in [0, 0.1) is 0 Å².